The smallest absolute Gasteiger partial charge is 0.161 e. The van der Waals surface area contributed by atoms with Gasteiger partial charge >= 0.3 is 0 Å². The molecule has 16 heavy (non-hydrogen) atoms. The highest BCUT2D eigenvalue weighted by molar-refractivity contribution is 5.82. The van der Waals surface area contributed by atoms with Gasteiger partial charge in [0.15, 0.2) is 5.78 Å². The van der Waals surface area contributed by atoms with Gasteiger partial charge in [-0.25, -0.2) is 0 Å². The monoisotopic (exact) mass is 228 g/mol. The molecule has 0 aliphatic rings. The summed E-state index contributed by atoms with van der Waals surface area (Å²) < 4.78 is 5.41. The van der Waals surface area contributed by atoms with Crippen LogP contribution in [-0.4, -0.2) is 19.0 Å². The van der Waals surface area contributed by atoms with Gasteiger partial charge in [-0.3, -0.25) is 4.79 Å². The fourth-order valence-electron chi connectivity index (χ4n) is 1.41. The Morgan fingerprint density at radius 2 is 1.81 bits per heavy atom. The van der Waals surface area contributed by atoms with E-state index in [0.717, 1.165) is 13.0 Å². The van der Waals surface area contributed by atoms with Gasteiger partial charge < -0.3 is 4.74 Å². The minimum absolute atomic E-state index is 0.0443. The molecule has 0 N–H and O–H groups in total. The van der Waals surface area contributed by atoms with E-state index in [1.165, 1.54) is 19.3 Å². The maximum absolute atomic E-state index is 11.8. The van der Waals surface area contributed by atoms with Crippen LogP contribution in [0.4, 0.5) is 0 Å². The SMILES string of the molecule is CCCCCCOCC(=O)C(C)C(C)(C)C. The Morgan fingerprint density at radius 3 is 2.31 bits per heavy atom. The molecule has 0 spiro atoms. The number of unbranched alkanes of at least 4 members (excludes halogenated alkanes) is 3. The van der Waals surface area contributed by atoms with Crippen LogP contribution in [0.5, 0.6) is 0 Å². The van der Waals surface area contributed by atoms with Gasteiger partial charge in [0.1, 0.15) is 6.61 Å². The molecule has 2 nitrogen and oxygen atoms in total. The third kappa shape index (κ3) is 7.00. The van der Waals surface area contributed by atoms with Gasteiger partial charge in [-0.15, -0.1) is 0 Å². The first-order valence-electron chi connectivity index (χ1n) is 6.50. The molecule has 0 heterocycles. The zero-order valence-corrected chi connectivity index (χ0v) is 11.6. The lowest BCUT2D eigenvalue weighted by atomic mass is 9.80. The molecule has 0 saturated carbocycles. The van der Waals surface area contributed by atoms with Gasteiger partial charge in [0, 0.05) is 12.5 Å². The number of rotatable bonds is 8. The first-order valence-corrected chi connectivity index (χ1v) is 6.50. The van der Waals surface area contributed by atoms with E-state index in [9.17, 15) is 4.79 Å². The molecular formula is C14H28O2. The summed E-state index contributed by atoms with van der Waals surface area (Å²) in [4.78, 5) is 11.8. The highest BCUT2D eigenvalue weighted by atomic mass is 16.5. The second-order valence-corrected chi connectivity index (χ2v) is 5.67. The third-order valence-corrected chi connectivity index (χ3v) is 3.17. The predicted octanol–water partition coefficient (Wildman–Crippen LogP) is 3.83. The van der Waals surface area contributed by atoms with Crippen molar-refractivity contribution in [3.63, 3.8) is 0 Å². The summed E-state index contributed by atoms with van der Waals surface area (Å²) in [6, 6.07) is 0. The van der Waals surface area contributed by atoms with E-state index in [4.69, 9.17) is 4.74 Å². The lowest BCUT2D eigenvalue weighted by Gasteiger charge is -2.25. The van der Waals surface area contributed by atoms with E-state index < -0.39 is 0 Å². The quantitative estimate of drug-likeness (QED) is 0.590. The standard InChI is InChI=1S/C14H28O2/c1-6-7-8-9-10-16-11-13(15)12(2)14(3,4)5/h12H,6-11H2,1-5H3. The van der Waals surface area contributed by atoms with Crippen LogP contribution in [0.25, 0.3) is 0 Å². The first kappa shape index (κ1) is 15.6. The minimum Gasteiger partial charge on any atom is -0.374 e. The molecule has 0 bridgehead atoms. The Bertz CT molecular complexity index is 191. The summed E-state index contributed by atoms with van der Waals surface area (Å²) in [5, 5.41) is 0. The Morgan fingerprint density at radius 1 is 1.19 bits per heavy atom. The molecule has 1 atom stereocenters. The maximum Gasteiger partial charge on any atom is 0.161 e. The zero-order valence-electron chi connectivity index (χ0n) is 11.6. The number of carbonyl (C=O) groups is 1. The number of hydrogen-bond donors (Lipinski definition) is 0. The average Bonchev–Trinajstić information content (AvgIpc) is 2.20. The van der Waals surface area contributed by atoms with Gasteiger partial charge in [0.05, 0.1) is 0 Å². The zero-order chi connectivity index (χ0) is 12.6. The van der Waals surface area contributed by atoms with Crippen LogP contribution < -0.4 is 0 Å². The van der Waals surface area contributed by atoms with Crippen molar-refractivity contribution in [1.82, 2.24) is 0 Å². The van der Waals surface area contributed by atoms with Crippen LogP contribution in [0.2, 0.25) is 0 Å². The number of Topliss-reactive ketones (excluding diaryl/α,β-unsaturated/α-hetero) is 1. The number of carbonyl (C=O) groups excluding carboxylic acids is 1. The van der Waals surface area contributed by atoms with Crippen molar-refractivity contribution in [3.05, 3.63) is 0 Å². The molecule has 1 unspecified atom stereocenters. The van der Waals surface area contributed by atoms with E-state index in [0.29, 0.717) is 0 Å². The lowest BCUT2D eigenvalue weighted by Crippen LogP contribution is -2.28. The number of hydrogen-bond acceptors (Lipinski definition) is 2. The van der Waals surface area contributed by atoms with Gasteiger partial charge in [0.2, 0.25) is 0 Å². The minimum atomic E-state index is 0.0443. The number of ether oxygens (including phenoxy) is 1. The molecule has 0 amide bonds. The van der Waals surface area contributed by atoms with Crippen molar-refractivity contribution in [2.75, 3.05) is 13.2 Å². The van der Waals surface area contributed by atoms with Crippen LogP contribution in [-0.2, 0) is 9.53 Å². The van der Waals surface area contributed by atoms with E-state index in [-0.39, 0.29) is 23.7 Å². The van der Waals surface area contributed by atoms with Crippen molar-refractivity contribution < 1.29 is 9.53 Å². The van der Waals surface area contributed by atoms with E-state index in [2.05, 4.69) is 27.7 Å². The fourth-order valence-corrected chi connectivity index (χ4v) is 1.41. The van der Waals surface area contributed by atoms with Crippen molar-refractivity contribution in [3.8, 4) is 0 Å². The lowest BCUT2D eigenvalue weighted by molar-refractivity contribution is -0.130. The summed E-state index contributed by atoms with van der Waals surface area (Å²) in [6.07, 6.45) is 4.78. The van der Waals surface area contributed by atoms with Crippen LogP contribution in [0.15, 0.2) is 0 Å². The highest BCUT2D eigenvalue weighted by Gasteiger charge is 2.26. The van der Waals surface area contributed by atoms with E-state index in [1.807, 2.05) is 6.92 Å². The summed E-state index contributed by atoms with van der Waals surface area (Å²) >= 11 is 0. The van der Waals surface area contributed by atoms with Crippen molar-refractivity contribution in [2.45, 2.75) is 60.3 Å². The number of ketones is 1. The van der Waals surface area contributed by atoms with Crippen molar-refractivity contribution in [1.29, 1.82) is 0 Å². The van der Waals surface area contributed by atoms with Crippen LogP contribution in [0.1, 0.15) is 60.3 Å². The summed E-state index contributed by atoms with van der Waals surface area (Å²) in [7, 11) is 0. The normalized spacial score (nSPS) is 13.8. The fraction of sp³-hybridized carbons (Fsp3) is 0.929. The van der Waals surface area contributed by atoms with E-state index >= 15 is 0 Å². The van der Waals surface area contributed by atoms with Crippen LogP contribution in [0.3, 0.4) is 0 Å². The predicted molar refractivity (Wildman–Crippen MR) is 68.6 cm³/mol. The van der Waals surface area contributed by atoms with Crippen molar-refractivity contribution in [2.24, 2.45) is 11.3 Å². The molecule has 0 aliphatic carbocycles. The first-order chi connectivity index (χ1) is 7.39. The van der Waals surface area contributed by atoms with Crippen LogP contribution in [0, 0.1) is 11.3 Å². The van der Waals surface area contributed by atoms with Gasteiger partial charge in [-0.1, -0.05) is 53.9 Å². The van der Waals surface area contributed by atoms with Gasteiger partial charge in [-0.05, 0) is 11.8 Å². The largest absolute Gasteiger partial charge is 0.374 e. The average molecular weight is 228 g/mol. The van der Waals surface area contributed by atoms with Gasteiger partial charge in [-0.2, -0.15) is 0 Å². The Hall–Kier alpha value is -0.370. The van der Waals surface area contributed by atoms with E-state index in [1.54, 1.807) is 0 Å². The molecule has 96 valence electrons. The molecule has 0 radical (unpaired) electrons. The maximum atomic E-state index is 11.8. The Kier molecular flexibility index (Phi) is 7.65. The molecule has 0 aromatic carbocycles. The summed E-state index contributed by atoms with van der Waals surface area (Å²) in [6.45, 7) is 11.5. The molecule has 0 aromatic rings. The Balaban J connectivity index is 3.58. The topological polar surface area (TPSA) is 26.3 Å². The summed E-state index contributed by atoms with van der Waals surface area (Å²) in [5.41, 5.74) is 0.0443. The second kappa shape index (κ2) is 7.83. The highest BCUT2D eigenvalue weighted by Crippen LogP contribution is 2.25. The molecule has 0 fully saturated rings. The Labute approximate surface area is 101 Å². The van der Waals surface area contributed by atoms with Crippen LogP contribution >= 0.6 is 0 Å². The molecule has 0 rings (SSSR count). The second-order valence-electron chi connectivity index (χ2n) is 5.67. The molecule has 2 heteroatoms. The molecular weight excluding hydrogens is 200 g/mol. The summed E-state index contributed by atoms with van der Waals surface area (Å²) in [5.74, 6) is 0.297. The molecule has 0 saturated heterocycles. The third-order valence-electron chi connectivity index (χ3n) is 3.17. The van der Waals surface area contributed by atoms with Gasteiger partial charge in [0.25, 0.3) is 0 Å². The van der Waals surface area contributed by atoms with Crippen molar-refractivity contribution >= 4 is 5.78 Å². The molecule has 0 aromatic heterocycles. The molecule has 0 aliphatic heterocycles.